The van der Waals surface area contributed by atoms with Crippen molar-refractivity contribution in [3.8, 4) is 18.1 Å². The molecule has 0 aliphatic heterocycles. The van der Waals surface area contributed by atoms with Gasteiger partial charge in [0.1, 0.15) is 12.3 Å². The molecule has 12 heteroatoms. The molecule has 8 nitrogen and oxygen atoms in total. The van der Waals surface area contributed by atoms with Gasteiger partial charge >= 0.3 is 12.3 Å². The van der Waals surface area contributed by atoms with E-state index in [0.717, 1.165) is 24.3 Å². The van der Waals surface area contributed by atoms with E-state index in [2.05, 4.69) is 20.7 Å². The Hall–Kier alpha value is -2.78. The van der Waals surface area contributed by atoms with Gasteiger partial charge in [-0.15, -0.1) is 19.6 Å². The summed E-state index contributed by atoms with van der Waals surface area (Å²) in [5, 5.41) is 2.22. The van der Waals surface area contributed by atoms with Gasteiger partial charge in [-0.1, -0.05) is 5.92 Å². The smallest absolute Gasteiger partial charge is 0.455 e. The molecule has 0 unspecified atom stereocenters. The number of sulfonamides is 1. The number of hydrogen-bond acceptors (Lipinski definition) is 6. The number of ether oxygens (including phenoxy) is 2. The lowest BCUT2D eigenvalue weighted by molar-refractivity contribution is -0.274. The maximum Gasteiger partial charge on any atom is 0.573 e. The van der Waals surface area contributed by atoms with E-state index in [1.54, 1.807) is 0 Å². The molecule has 0 saturated heterocycles. The number of hydrogen-bond donors (Lipinski definition) is 2. The van der Waals surface area contributed by atoms with Gasteiger partial charge in [0.2, 0.25) is 10.0 Å². The Kier molecular flexibility index (Phi) is 7.41. The Bertz CT molecular complexity index is 784. The summed E-state index contributed by atoms with van der Waals surface area (Å²) in [6.45, 7) is -1.49. The summed E-state index contributed by atoms with van der Waals surface area (Å²) in [7, 11) is -4.18. The molecule has 1 amide bonds. The monoisotopic (exact) mass is 394 g/mol. The van der Waals surface area contributed by atoms with Crippen LogP contribution in [0.25, 0.3) is 0 Å². The van der Waals surface area contributed by atoms with Gasteiger partial charge in [-0.25, -0.2) is 8.42 Å². The van der Waals surface area contributed by atoms with Crippen molar-refractivity contribution in [3.63, 3.8) is 0 Å². The highest BCUT2D eigenvalue weighted by Crippen LogP contribution is 2.23. The summed E-state index contributed by atoms with van der Waals surface area (Å²) >= 11 is 0. The minimum Gasteiger partial charge on any atom is -0.455 e. The summed E-state index contributed by atoms with van der Waals surface area (Å²) in [5.41, 5.74) is 0. The first-order chi connectivity index (χ1) is 12.0. The summed E-state index contributed by atoms with van der Waals surface area (Å²) in [6, 6.07) is 3.33. The van der Waals surface area contributed by atoms with Crippen molar-refractivity contribution in [2.45, 2.75) is 11.3 Å². The molecule has 0 aromatic heterocycles. The van der Waals surface area contributed by atoms with E-state index in [-0.39, 0.29) is 6.54 Å². The highest BCUT2D eigenvalue weighted by molar-refractivity contribution is 7.89. The van der Waals surface area contributed by atoms with Crippen molar-refractivity contribution >= 4 is 21.9 Å². The number of terminal acetylenes is 1. The third-order valence-electron chi connectivity index (χ3n) is 2.53. The molecule has 2 N–H and O–H groups in total. The van der Waals surface area contributed by atoms with E-state index in [0.29, 0.717) is 0 Å². The van der Waals surface area contributed by atoms with Crippen molar-refractivity contribution < 1.29 is 40.7 Å². The van der Waals surface area contributed by atoms with Crippen LogP contribution in [0.15, 0.2) is 29.2 Å². The van der Waals surface area contributed by atoms with Crippen LogP contribution in [0.1, 0.15) is 0 Å². The standard InChI is InChI=1S/C14H13F3N2O6S/c1-2-7-18-12(20)9-24-13(21)8-19-26(22,23)11-5-3-10(4-6-11)25-14(15,16)17/h1,3-6,19H,7-9H2,(H,18,20). The van der Waals surface area contributed by atoms with Crippen LogP contribution in [0.2, 0.25) is 0 Å². The summed E-state index contributed by atoms with van der Waals surface area (Å²) in [6.07, 6.45) is 0.00253. The number of amides is 1. The van der Waals surface area contributed by atoms with Crippen molar-refractivity contribution in [3.05, 3.63) is 24.3 Å². The number of halogens is 3. The number of rotatable bonds is 8. The number of carbonyl (C=O) groups excluding carboxylic acids is 2. The summed E-state index contributed by atoms with van der Waals surface area (Å²) < 4.78 is 70.0. The molecule has 0 bridgehead atoms. The predicted octanol–water partition coefficient (Wildman–Crippen LogP) is 0.156. The molecule has 1 aromatic rings. The van der Waals surface area contributed by atoms with Crippen molar-refractivity contribution in [1.82, 2.24) is 10.0 Å². The minimum absolute atomic E-state index is 0.0585. The summed E-state index contributed by atoms with van der Waals surface area (Å²) in [4.78, 5) is 22.1. The minimum atomic E-state index is -4.91. The zero-order valence-corrected chi connectivity index (χ0v) is 13.8. The lowest BCUT2D eigenvalue weighted by atomic mass is 10.3. The van der Waals surface area contributed by atoms with E-state index >= 15 is 0 Å². The Morgan fingerprint density at radius 1 is 1.19 bits per heavy atom. The van der Waals surface area contributed by atoms with Crippen molar-refractivity contribution in [2.75, 3.05) is 19.7 Å². The third-order valence-corrected chi connectivity index (χ3v) is 3.94. The Morgan fingerprint density at radius 3 is 2.35 bits per heavy atom. The van der Waals surface area contributed by atoms with Gasteiger partial charge in [0.15, 0.2) is 6.61 Å². The van der Waals surface area contributed by atoms with E-state index < -0.39 is 52.1 Å². The first kappa shape index (κ1) is 21.3. The van der Waals surface area contributed by atoms with Gasteiger partial charge in [0, 0.05) is 0 Å². The number of benzene rings is 1. The molecule has 0 fully saturated rings. The zero-order valence-electron chi connectivity index (χ0n) is 13.0. The molecule has 0 radical (unpaired) electrons. The van der Waals surface area contributed by atoms with Gasteiger partial charge in [-0.05, 0) is 24.3 Å². The number of esters is 1. The van der Waals surface area contributed by atoms with Gasteiger partial charge in [-0.3, -0.25) is 9.59 Å². The highest BCUT2D eigenvalue weighted by atomic mass is 32.2. The summed E-state index contributed by atoms with van der Waals surface area (Å²) in [5.74, 6) is -0.180. The predicted molar refractivity (Wildman–Crippen MR) is 81.1 cm³/mol. The number of alkyl halides is 3. The molecule has 0 aliphatic rings. The Balaban J connectivity index is 2.54. The molecule has 0 spiro atoms. The molecule has 0 atom stereocenters. The molecular formula is C14H13F3N2O6S. The van der Waals surface area contributed by atoms with Crippen LogP contribution in [0, 0.1) is 12.3 Å². The van der Waals surface area contributed by atoms with E-state index in [9.17, 15) is 31.2 Å². The van der Waals surface area contributed by atoms with Crippen molar-refractivity contribution in [2.24, 2.45) is 0 Å². The molecular weight excluding hydrogens is 381 g/mol. The molecule has 0 aliphatic carbocycles. The highest BCUT2D eigenvalue weighted by Gasteiger charge is 2.31. The molecule has 0 heterocycles. The van der Waals surface area contributed by atoms with Crippen LogP contribution in [-0.4, -0.2) is 46.4 Å². The third kappa shape index (κ3) is 7.86. The van der Waals surface area contributed by atoms with Gasteiger partial charge in [0.25, 0.3) is 5.91 Å². The second-order valence-corrected chi connectivity index (χ2v) is 6.25. The average Bonchev–Trinajstić information content (AvgIpc) is 2.55. The SMILES string of the molecule is C#CCNC(=O)COC(=O)CNS(=O)(=O)c1ccc(OC(F)(F)F)cc1. The van der Waals surface area contributed by atoms with Crippen molar-refractivity contribution in [1.29, 1.82) is 0 Å². The molecule has 1 rings (SSSR count). The van der Waals surface area contributed by atoms with Gasteiger partial charge in [-0.2, -0.15) is 4.72 Å². The Morgan fingerprint density at radius 2 is 1.81 bits per heavy atom. The zero-order chi connectivity index (χ0) is 19.8. The second kappa shape index (κ2) is 9.07. The molecule has 1 aromatic carbocycles. The largest absolute Gasteiger partial charge is 0.573 e. The van der Waals surface area contributed by atoms with Crippen LogP contribution in [-0.2, 0) is 24.3 Å². The van der Waals surface area contributed by atoms with Crippen LogP contribution in [0.3, 0.4) is 0 Å². The lowest BCUT2D eigenvalue weighted by Crippen LogP contribution is -2.34. The molecule has 26 heavy (non-hydrogen) atoms. The van der Waals surface area contributed by atoms with Crippen LogP contribution < -0.4 is 14.8 Å². The Labute approximate surface area is 146 Å². The van der Waals surface area contributed by atoms with Gasteiger partial charge < -0.3 is 14.8 Å². The van der Waals surface area contributed by atoms with Gasteiger partial charge in [0.05, 0.1) is 11.4 Å². The van der Waals surface area contributed by atoms with Crippen LogP contribution in [0.5, 0.6) is 5.75 Å². The number of carbonyl (C=O) groups is 2. The molecule has 0 saturated carbocycles. The van der Waals surface area contributed by atoms with Crippen LogP contribution >= 0.6 is 0 Å². The lowest BCUT2D eigenvalue weighted by Gasteiger charge is -2.10. The number of nitrogens with one attached hydrogen (secondary N) is 2. The van der Waals surface area contributed by atoms with E-state index in [1.165, 1.54) is 0 Å². The van der Waals surface area contributed by atoms with E-state index in [4.69, 9.17) is 6.42 Å². The second-order valence-electron chi connectivity index (χ2n) is 4.49. The first-order valence-electron chi connectivity index (χ1n) is 6.75. The fraction of sp³-hybridized carbons (Fsp3) is 0.286. The normalized spacial score (nSPS) is 11.3. The maximum atomic E-state index is 12.0. The first-order valence-corrected chi connectivity index (χ1v) is 8.23. The molecule has 142 valence electrons. The van der Waals surface area contributed by atoms with Crippen LogP contribution in [0.4, 0.5) is 13.2 Å². The fourth-order valence-electron chi connectivity index (χ4n) is 1.46. The topological polar surface area (TPSA) is 111 Å². The average molecular weight is 394 g/mol. The fourth-order valence-corrected chi connectivity index (χ4v) is 2.42. The quantitative estimate of drug-likeness (QED) is 0.480. The maximum absolute atomic E-state index is 12.0. The van der Waals surface area contributed by atoms with E-state index in [1.807, 2.05) is 4.72 Å².